The number of hydrogen-bond acceptors (Lipinski definition) is 2. The predicted molar refractivity (Wildman–Crippen MR) is 52.7 cm³/mol. The van der Waals surface area contributed by atoms with Crippen molar-refractivity contribution in [3.63, 3.8) is 0 Å². The highest BCUT2D eigenvalue weighted by Crippen LogP contribution is 2.24. The minimum atomic E-state index is 0.0207. The summed E-state index contributed by atoms with van der Waals surface area (Å²) in [4.78, 5) is 11.4. The molecule has 3 heteroatoms. The largest absolute Gasteiger partial charge is 0.383 e. The van der Waals surface area contributed by atoms with Crippen LogP contribution in [0.25, 0.3) is 0 Å². The van der Waals surface area contributed by atoms with Crippen molar-refractivity contribution in [3.05, 3.63) is 24.3 Å². The average molecular weight is 176 g/mol. The Morgan fingerprint density at radius 1 is 1.31 bits per heavy atom. The number of rotatable bonds is 0. The lowest BCUT2D eigenvalue weighted by molar-refractivity contribution is -0.118. The van der Waals surface area contributed by atoms with Crippen LogP contribution in [0.3, 0.4) is 0 Å². The van der Waals surface area contributed by atoms with Gasteiger partial charge >= 0.3 is 0 Å². The molecule has 0 bridgehead atoms. The number of fused-ring (bicyclic) bond motifs is 1. The van der Waals surface area contributed by atoms with E-state index in [1.807, 2.05) is 31.2 Å². The highest BCUT2D eigenvalue weighted by molar-refractivity contribution is 5.97. The summed E-state index contributed by atoms with van der Waals surface area (Å²) in [5.74, 6) is 0.102. The number of carbonyl (C=O) groups excluding carboxylic acids is 1. The van der Waals surface area contributed by atoms with Crippen LogP contribution in [0, 0.1) is 5.92 Å². The Morgan fingerprint density at radius 3 is 2.77 bits per heavy atom. The van der Waals surface area contributed by atoms with Gasteiger partial charge in [0.2, 0.25) is 5.91 Å². The fourth-order valence-electron chi connectivity index (χ4n) is 1.36. The zero-order valence-corrected chi connectivity index (χ0v) is 7.50. The fraction of sp³-hybridized carbons (Fsp3) is 0.300. The maximum atomic E-state index is 11.4. The molecule has 1 aliphatic rings. The zero-order chi connectivity index (χ0) is 9.26. The van der Waals surface area contributed by atoms with Gasteiger partial charge in [-0.05, 0) is 12.1 Å². The second-order valence-corrected chi connectivity index (χ2v) is 3.32. The molecule has 0 saturated carbocycles. The normalized spacial score (nSPS) is 21.0. The molecular weight excluding hydrogens is 164 g/mol. The average Bonchev–Trinajstić information content (AvgIpc) is 2.28. The van der Waals surface area contributed by atoms with E-state index >= 15 is 0 Å². The van der Waals surface area contributed by atoms with Gasteiger partial charge in [-0.1, -0.05) is 19.1 Å². The van der Waals surface area contributed by atoms with Crippen molar-refractivity contribution in [2.45, 2.75) is 6.92 Å². The molecule has 3 nitrogen and oxygen atoms in total. The maximum absolute atomic E-state index is 11.4. The summed E-state index contributed by atoms with van der Waals surface area (Å²) < 4.78 is 0. The van der Waals surface area contributed by atoms with Gasteiger partial charge in [0.15, 0.2) is 0 Å². The Hall–Kier alpha value is -1.51. The van der Waals surface area contributed by atoms with Gasteiger partial charge in [0.05, 0.1) is 17.3 Å². The van der Waals surface area contributed by atoms with Crippen molar-refractivity contribution in [2.24, 2.45) is 5.92 Å². The molecule has 0 aliphatic carbocycles. The maximum Gasteiger partial charge on any atom is 0.229 e. The summed E-state index contributed by atoms with van der Waals surface area (Å²) in [6.45, 7) is 2.61. The van der Waals surface area contributed by atoms with Gasteiger partial charge in [-0.2, -0.15) is 0 Å². The number of benzene rings is 1. The molecule has 0 fully saturated rings. The fourth-order valence-corrected chi connectivity index (χ4v) is 1.36. The first-order valence-electron chi connectivity index (χ1n) is 4.41. The van der Waals surface area contributed by atoms with Crippen molar-refractivity contribution in [1.82, 2.24) is 0 Å². The number of nitrogens with one attached hydrogen (secondary N) is 2. The molecule has 0 unspecified atom stereocenters. The van der Waals surface area contributed by atoms with E-state index in [4.69, 9.17) is 0 Å². The predicted octanol–water partition coefficient (Wildman–Crippen LogP) is 1.69. The monoisotopic (exact) mass is 176 g/mol. The van der Waals surface area contributed by atoms with Gasteiger partial charge in [-0.15, -0.1) is 0 Å². The Bertz CT molecular complexity index is 335. The molecule has 1 atom stereocenters. The van der Waals surface area contributed by atoms with Crippen LogP contribution in [0.4, 0.5) is 11.4 Å². The lowest BCUT2D eigenvalue weighted by Gasteiger charge is -2.05. The van der Waals surface area contributed by atoms with Crippen LogP contribution in [0.2, 0.25) is 0 Å². The molecule has 13 heavy (non-hydrogen) atoms. The summed E-state index contributed by atoms with van der Waals surface area (Å²) in [7, 11) is 0. The van der Waals surface area contributed by atoms with E-state index in [9.17, 15) is 4.79 Å². The molecule has 2 rings (SSSR count). The van der Waals surface area contributed by atoms with E-state index in [0.717, 1.165) is 11.4 Å². The highest BCUT2D eigenvalue weighted by Gasteiger charge is 2.18. The smallest absolute Gasteiger partial charge is 0.229 e. The first-order valence-corrected chi connectivity index (χ1v) is 4.41. The van der Waals surface area contributed by atoms with Crippen molar-refractivity contribution in [2.75, 3.05) is 17.2 Å². The van der Waals surface area contributed by atoms with Gasteiger partial charge in [0.25, 0.3) is 0 Å². The molecule has 0 radical (unpaired) electrons. The van der Waals surface area contributed by atoms with Gasteiger partial charge in [0, 0.05) is 6.54 Å². The number of anilines is 2. The third-order valence-electron chi connectivity index (χ3n) is 2.23. The topological polar surface area (TPSA) is 41.1 Å². The molecule has 1 aromatic carbocycles. The third-order valence-corrected chi connectivity index (χ3v) is 2.23. The Kier molecular flexibility index (Phi) is 1.93. The van der Waals surface area contributed by atoms with Crippen molar-refractivity contribution in [3.8, 4) is 0 Å². The van der Waals surface area contributed by atoms with Crippen LogP contribution in [-0.4, -0.2) is 12.5 Å². The van der Waals surface area contributed by atoms with Gasteiger partial charge < -0.3 is 10.6 Å². The van der Waals surface area contributed by atoms with E-state index < -0.39 is 0 Å². The quantitative estimate of drug-likeness (QED) is 0.631. The van der Waals surface area contributed by atoms with E-state index in [1.165, 1.54) is 0 Å². The highest BCUT2D eigenvalue weighted by atomic mass is 16.1. The van der Waals surface area contributed by atoms with Crippen molar-refractivity contribution >= 4 is 17.3 Å². The van der Waals surface area contributed by atoms with E-state index in [0.29, 0.717) is 6.54 Å². The second kappa shape index (κ2) is 3.09. The molecule has 0 aromatic heterocycles. The van der Waals surface area contributed by atoms with E-state index in [2.05, 4.69) is 10.6 Å². The minimum absolute atomic E-state index is 0.0207. The molecule has 68 valence electrons. The molecule has 1 aliphatic heterocycles. The van der Waals surface area contributed by atoms with E-state index in [-0.39, 0.29) is 11.8 Å². The van der Waals surface area contributed by atoms with Crippen molar-refractivity contribution < 1.29 is 4.79 Å². The first kappa shape index (κ1) is 8.10. The number of hydrogen-bond donors (Lipinski definition) is 2. The summed E-state index contributed by atoms with van der Waals surface area (Å²) in [5.41, 5.74) is 1.87. The Balaban J connectivity index is 2.35. The first-order chi connectivity index (χ1) is 6.27. The van der Waals surface area contributed by atoms with Gasteiger partial charge in [-0.25, -0.2) is 0 Å². The third kappa shape index (κ3) is 1.49. The Labute approximate surface area is 77.1 Å². The van der Waals surface area contributed by atoms with Crippen LogP contribution < -0.4 is 10.6 Å². The SMILES string of the molecule is C[C@H]1CNc2ccccc2NC1=O. The lowest BCUT2D eigenvalue weighted by Crippen LogP contribution is -2.22. The molecule has 0 saturated heterocycles. The number of carbonyl (C=O) groups is 1. The zero-order valence-electron chi connectivity index (χ0n) is 7.50. The van der Waals surface area contributed by atoms with Crippen LogP contribution in [-0.2, 0) is 4.79 Å². The van der Waals surface area contributed by atoms with Crippen LogP contribution >= 0.6 is 0 Å². The van der Waals surface area contributed by atoms with Crippen LogP contribution in [0.5, 0.6) is 0 Å². The van der Waals surface area contributed by atoms with Crippen LogP contribution in [0.15, 0.2) is 24.3 Å². The van der Waals surface area contributed by atoms with Crippen LogP contribution in [0.1, 0.15) is 6.92 Å². The molecule has 0 spiro atoms. The second-order valence-electron chi connectivity index (χ2n) is 3.32. The van der Waals surface area contributed by atoms with E-state index in [1.54, 1.807) is 0 Å². The molecule has 1 heterocycles. The summed E-state index contributed by atoms with van der Waals surface area (Å²) in [6, 6.07) is 7.73. The molecular formula is C10H12N2O. The molecule has 1 aromatic rings. The number of para-hydroxylation sites is 2. The molecule has 2 N–H and O–H groups in total. The lowest BCUT2D eigenvalue weighted by atomic mass is 10.2. The van der Waals surface area contributed by atoms with Gasteiger partial charge in [0.1, 0.15) is 0 Å². The minimum Gasteiger partial charge on any atom is -0.383 e. The van der Waals surface area contributed by atoms with Gasteiger partial charge in [-0.3, -0.25) is 4.79 Å². The molecule has 1 amide bonds. The standard InChI is InChI=1S/C10H12N2O/c1-7-6-11-8-4-2-3-5-9(8)12-10(7)13/h2-5,7,11H,6H2,1H3,(H,12,13)/t7-/m0/s1. The summed E-state index contributed by atoms with van der Waals surface area (Å²) >= 11 is 0. The summed E-state index contributed by atoms with van der Waals surface area (Å²) in [6.07, 6.45) is 0. The summed E-state index contributed by atoms with van der Waals surface area (Å²) in [5, 5.41) is 6.09. The Morgan fingerprint density at radius 2 is 2.00 bits per heavy atom. The van der Waals surface area contributed by atoms with Crippen molar-refractivity contribution in [1.29, 1.82) is 0 Å². The number of amides is 1.